The number of hydrogen-bond acceptors (Lipinski definition) is 2. The second-order valence-electron chi connectivity index (χ2n) is 4.87. The molecular formula is C20H14N2. The first-order valence-corrected chi connectivity index (χ1v) is 7.05. The van der Waals surface area contributed by atoms with E-state index >= 15 is 0 Å². The minimum atomic E-state index is 0.644. The van der Waals surface area contributed by atoms with Gasteiger partial charge in [-0.25, -0.2) is 0 Å². The first-order chi connectivity index (χ1) is 10.9. The summed E-state index contributed by atoms with van der Waals surface area (Å²) < 4.78 is 0. The molecule has 2 aromatic carbocycles. The topological polar surface area (TPSA) is 36.7 Å². The van der Waals surface area contributed by atoms with Gasteiger partial charge < -0.3 is 0 Å². The first-order valence-electron chi connectivity index (χ1n) is 7.05. The highest BCUT2D eigenvalue weighted by Crippen LogP contribution is 2.29. The van der Waals surface area contributed by atoms with Crippen LogP contribution in [0, 0.1) is 11.3 Å². The number of nitriles is 1. The number of benzene rings is 2. The smallest absolute Gasteiger partial charge is 0.0998 e. The Morgan fingerprint density at radius 2 is 1.68 bits per heavy atom. The average molecular weight is 282 g/mol. The molecule has 0 saturated carbocycles. The molecule has 0 amide bonds. The van der Waals surface area contributed by atoms with Crippen LogP contribution in [0.3, 0.4) is 0 Å². The zero-order chi connectivity index (χ0) is 15.2. The molecule has 2 nitrogen and oxygen atoms in total. The van der Waals surface area contributed by atoms with Gasteiger partial charge in [0.25, 0.3) is 0 Å². The van der Waals surface area contributed by atoms with Gasteiger partial charge in [0.1, 0.15) is 0 Å². The van der Waals surface area contributed by atoms with Crippen LogP contribution in [0.15, 0.2) is 79.1 Å². The van der Waals surface area contributed by atoms with Gasteiger partial charge in [0.05, 0.1) is 11.6 Å². The van der Waals surface area contributed by atoms with Crippen LogP contribution in [-0.2, 0) is 0 Å². The molecule has 0 radical (unpaired) electrons. The van der Waals surface area contributed by atoms with Crippen molar-refractivity contribution in [1.29, 1.82) is 5.26 Å². The molecule has 3 aromatic rings. The highest BCUT2D eigenvalue weighted by molar-refractivity contribution is 5.95. The van der Waals surface area contributed by atoms with Crippen molar-refractivity contribution in [3.05, 3.63) is 90.3 Å². The fourth-order valence-electron chi connectivity index (χ4n) is 2.38. The van der Waals surface area contributed by atoms with E-state index in [0.29, 0.717) is 5.57 Å². The molecule has 1 heterocycles. The summed E-state index contributed by atoms with van der Waals surface area (Å²) in [4.78, 5) is 4.17. The second-order valence-corrected chi connectivity index (χ2v) is 4.87. The molecule has 3 rings (SSSR count). The highest BCUT2D eigenvalue weighted by Gasteiger charge is 2.09. The second kappa shape index (κ2) is 6.51. The van der Waals surface area contributed by atoms with E-state index in [4.69, 9.17) is 0 Å². The lowest BCUT2D eigenvalue weighted by atomic mass is 9.95. The molecule has 0 spiro atoms. The van der Waals surface area contributed by atoms with Crippen LogP contribution in [0.5, 0.6) is 0 Å². The van der Waals surface area contributed by atoms with Crippen molar-refractivity contribution in [3.63, 3.8) is 0 Å². The summed E-state index contributed by atoms with van der Waals surface area (Å²) in [5.74, 6) is 0. The lowest BCUT2D eigenvalue weighted by Crippen LogP contribution is -1.89. The number of pyridine rings is 1. The molecule has 22 heavy (non-hydrogen) atoms. The van der Waals surface area contributed by atoms with Crippen LogP contribution in [0.4, 0.5) is 0 Å². The minimum Gasteiger partial charge on any atom is -0.264 e. The molecule has 1 aromatic heterocycles. The van der Waals surface area contributed by atoms with E-state index in [2.05, 4.69) is 11.1 Å². The maximum Gasteiger partial charge on any atom is 0.0998 e. The maximum atomic E-state index is 9.58. The predicted octanol–water partition coefficient (Wildman–Crippen LogP) is 4.81. The SMILES string of the molecule is N#C/C(=C\c1ccccc1)c1ccccc1-c1cccnc1. The van der Waals surface area contributed by atoms with Crippen molar-refractivity contribution < 1.29 is 0 Å². The summed E-state index contributed by atoms with van der Waals surface area (Å²) in [6.45, 7) is 0. The molecule has 0 unspecified atom stereocenters. The van der Waals surface area contributed by atoms with Crippen molar-refractivity contribution in [2.75, 3.05) is 0 Å². The average Bonchev–Trinajstić information content (AvgIpc) is 2.61. The Morgan fingerprint density at radius 3 is 2.41 bits per heavy atom. The van der Waals surface area contributed by atoms with Crippen molar-refractivity contribution >= 4 is 11.6 Å². The first kappa shape index (κ1) is 13.8. The molecule has 0 aliphatic carbocycles. The number of nitrogens with zero attached hydrogens (tertiary/aromatic N) is 2. The van der Waals surface area contributed by atoms with E-state index in [-0.39, 0.29) is 0 Å². The molecule has 0 bridgehead atoms. The van der Waals surface area contributed by atoms with Gasteiger partial charge in [0.15, 0.2) is 0 Å². The fraction of sp³-hybridized carbons (Fsp3) is 0. The van der Waals surface area contributed by atoms with Gasteiger partial charge >= 0.3 is 0 Å². The Labute approximate surface area is 130 Å². The van der Waals surface area contributed by atoms with Gasteiger partial charge in [-0.15, -0.1) is 0 Å². The Kier molecular flexibility index (Phi) is 4.08. The maximum absolute atomic E-state index is 9.58. The third-order valence-electron chi connectivity index (χ3n) is 3.42. The van der Waals surface area contributed by atoms with Crippen molar-refractivity contribution in [2.45, 2.75) is 0 Å². The fourth-order valence-corrected chi connectivity index (χ4v) is 2.38. The van der Waals surface area contributed by atoms with Gasteiger partial charge in [0.2, 0.25) is 0 Å². The summed E-state index contributed by atoms with van der Waals surface area (Å²) in [6.07, 6.45) is 5.47. The quantitative estimate of drug-likeness (QED) is 0.510. The van der Waals surface area contributed by atoms with E-state index in [0.717, 1.165) is 22.3 Å². The number of hydrogen-bond donors (Lipinski definition) is 0. The molecule has 0 N–H and O–H groups in total. The molecule has 104 valence electrons. The summed E-state index contributed by atoms with van der Waals surface area (Å²) in [6, 6.07) is 24.0. The lowest BCUT2D eigenvalue weighted by Gasteiger charge is -2.08. The summed E-state index contributed by atoms with van der Waals surface area (Å²) >= 11 is 0. The molecule has 0 aliphatic heterocycles. The Bertz CT molecular complexity index is 828. The van der Waals surface area contributed by atoms with Gasteiger partial charge in [-0.3, -0.25) is 4.98 Å². The predicted molar refractivity (Wildman–Crippen MR) is 89.6 cm³/mol. The van der Waals surface area contributed by atoms with Crippen molar-refractivity contribution in [2.24, 2.45) is 0 Å². The summed E-state index contributed by atoms with van der Waals surface area (Å²) in [5.41, 5.74) is 4.60. The Balaban J connectivity index is 2.12. The van der Waals surface area contributed by atoms with E-state index in [1.54, 1.807) is 6.20 Å². The van der Waals surface area contributed by atoms with E-state index in [1.807, 2.05) is 79.0 Å². The van der Waals surface area contributed by atoms with E-state index < -0.39 is 0 Å². The van der Waals surface area contributed by atoms with Crippen LogP contribution < -0.4 is 0 Å². The highest BCUT2D eigenvalue weighted by atomic mass is 14.6. The van der Waals surface area contributed by atoms with E-state index in [1.165, 1.54) is 0 Å². The Hall–Kier alpha value is -3.18. The molecule has 0 fully saturated rings. The van der Waals surface area contributed by atoms with Gasteiger partial charge in [-0.2, -0.15) is 5.26 Å². The zero-order valence-electron chi connectivity index (χ0n) is 12.0. The van der Waals surface area contributed by atoms with Gasteiger partial charge in [0, 0.05) is 23.5 Å². The third kappa shape index (κ3) is 2.94. The van der Waals surface area contributed by atoms with E-state index in [9.17, 15) is 5.26 Å². The van der Waals surface area contributed by atoms with Gasteiger partial charge in [-0.1, -0.05) is 60.7 Å². The normalized spacial score (nSPS) is 11.0. The zero-order valence-corrected chi connectivity index (χ0v) is 12.0. The third-order valence-corrected chi connectivity index (χ3v) is 3.42. The Morgan fingerprint density at radius 1 is 0.909 bits per heavy atom. The number of aromatic nitrogens is 1. The van der Waals surface area contributed by atoms with Crippen LogP contribution in [-0.4, -0.2) is 4.98 Å². The van der Waals surface area contributed by atoms with Crippen LogP contribution >= 0.6 is 0 Å². The van der Waals surface area contributed by atoms with Gasteiger partial charge in [-0.05, 0) is 23.3 Å². The molecular weight excluding hydrogens is 268 g/mol. The largest absolute Gasteiger partial charge is 0.264 e. The molecule has 0 saturated heterocycles. The molecule has 0 atom stereocenters. The molecule has 2 heteroatoms. The van der Waals surface area contributed by atoms with Crippen LogP contribution in [0.2, 0.25) is 0 Å². The molecule has 0 aliphatic rings. The monoisotopic (exact) mass is 282 g/mol. The standard InChI is InChI=1S/C20H14N2/c21-14-18(13-16-7-2-1-3-8-16)20-11-5-4-10-19(20)17-9-6-12-22-15-17/h1-13,15H/b18-13+. The summed E-state index contributed by atoms with van der Waals surface area (Å²) in [5, 5.41) is 9.58. The van der Waals surface area contributed by atoms with Crippen LogP contribution in [0.25, 0.3) is 22.8 Å². The van der Waals surface area contributed by atoms with Crippen molar-refractivity contribution in [1.82, 2.24) is 4.98 Å². The number of allylic oxidation sites excluding steroid dienone is 1. The summed E-state index contributed by atoms with van der Waals surface area (Å²) in [7, 11) is 0. The van der Waals surface area contributed by atoms with Crippen LogP contribution in [0.1, 0.15) is 11.1 Å². The lowest BCUT2D eigenvalue weighted by molar-refractivity contribution is 1.33. The number of rotatable bonds is 3. The minimum absolute atomic E-state index is 0.644. The van der Waals surface area contributed by atoms with Crippen molar-refractivity contribution in [3.8, 4) is 17.2 Å².